The number of fused-ring (bicyclic) bond motifs is 1. The lowest BCUT2D eigenvalue weighted by atomic mass is 9.98. The first-order chi connectivity index (χ1) is 12.3. The van der Waals surface area contributed by atoms with Crippen LogP contribution in [0.5, 0.6) is 0 Å². The van der Waals surface area contributed by atoms with Crippen LogP contribution < -0.4 is 0 Å². The molecule has 1 aromatic carbocycles. The molecule has 0 unspecified atom stereocenters. The molecule has 26 heavy (non-hydrogen) atoms. The smallest absolute Gasteiger partial charge is 0.313 e. The molecule has 2 heterocycles. The van der Waals surface area contributed by atoms with Gasteiger partial charge >= 0.3 is 5.97 Å². The second-order valence-corrected chi connectivity index (χ2v) is 7.12. The van der Waals surface area contributed by atoms with E-state index in [4.69, 9.17) is 4.74 Å². The van der Waals surface area contributed by atoms with Gasteiger partial charge in [0.15, 0.2) is 6.73 Å². The molecule has 2 amide bonds. The van der Waals surface area contributed by atoms with Crippen LogP contribution >= 0.6 is 0 Å². The summed E-state index contributed by atoms with van der Waals surface area (Å²) in [5.74, 6) is -0.922. The lowest BCUT2D eigenvalue weighted by molar-refractivity contribution is -0.157. The fourth-order valence-electron chi connectivity index (χ4n) is 2.53. The van der Waals surface area contributed by atoms with E-state index in [1.165, 1.54) is 9.58 Å². The lowest BCUT2D eigenvalue weighted by Crippen LogP contribution is -2.31. The van der Waals surface area contributed by atoms with Crippen LogP contribution in [0.2, 0.25) is 0 Å². The fraction of sp³-hybridized carbons (Fsp3) is 0.389. The van der Waals surface area contributed by atoms with Gasteiger partial charge in [0.1, 0.15) is 0 Å². The number of esters is 1. The molecule has 2 aromatic rings. The molecule has 3 rings (SSSR count). The molecule has 1 aliphatic heterocycles. The molecule has 0 spiro atoms. The maximum absolute atomic E-state index is 12.3. The Kier molecular flexibility index (Phi) is 4.58. The monoisotopic (exact) mass is 356 g/mol. The number of aromatic nitrogens is 3. The third kappa shape index (κ3) is 3.49. The molecule has 1 aliphatic rings. The maximum Gasteiger partial charge on any atom is 0.313 e. The first kappa shape index (κ1) is 17.8. The topological polar surface area (TPSA) is 94.4 Å². The molecule has 1 aromatic heterocycles. The summed E-state index contributed by atoms with van der Waals surface area (Å²) in [6.07, 6.45) is 2.01. The van der Waals surface area contributed by atoms with Gasteiger partial charge in [-0.2, -0.15) is 0 Å². The van der Waals surface area contributed by atoms with Crippen LogP contribution in [-0.2, 0) is 22.7 Å². The zero-order valence-electron chi connectivity index (χ0n) is 14.9. The van der Waals surface area contributed by atoms with Crippen LogP contribution in [0.1, 0.15) is 47.2 Å². The first-order valence-electron chi connectivity index (χ1n) is 8.29. The highest BCUT2D eigenvalue weighted by atomic mass is 16.5. The minimum absolute atomic E-state index is 0.0316. The quantitative estimate of drug-likeness (QED) is 0.597. The van der Waals surface area contributed by atoms with Crippen molar-refractivity contribution in [2.75, 3.05) is 6.54 Å². The van der Waals surface area contributed by atoms with E-state index >= 15 is 0 Å². The molecule has 0 saturated heterocycles. The third-order valence-electron chi connectivity index (χ3n) is 4.00. The Labute approximate surface area is 150 Å². The Bertz CT molecular complexity index is 831. The number of amides is 2. The molecule has 136 valence electrons. The molecule has 0 N–H and O–H groups in total. The summed E-state index contributed by atoms with van der Waals surface area (Å²) >= 11 is 0. The number of rotatable bonds is 5. The predicted octanol–water partition coefficient (Wildman–Crippen LogP) is 1.66. The predicted molar refractivity (Wildman–Crippen MR) is 91.1 cm³/mol. The highest BCUT2D eigenvalue weighted by Gasteiger charge is 2.34. The molecular weight excluding hydrogens is 336 g/mol. The average Bonchev–Trinajstić information content (AvgIpc) is 3.14. The molecule has 0 radical (unpaired) electrons. The van der Waals surface area contributed by atoms with E-state index in [1.807, 2.05) is 0 Å². The first-order valence-corrected chi connectivity index (χ1v) is 8.29. The normalized spacial score (nSPS) is 13.9. The van der Waals surface area contributed by atoms with Gasteiger partial charge in [-0.25, -0.2) is 4.68 Å². The van der Waals surface area contributed by atoms with E-state index in [-0.39, 0.29) is 31.1 Å². The molecule has 8 nitrogen and oxygen atoms in total. The molecule has 8 heteroatoms. The number of benzene rings is 1. The molecule has 0 atom stereocenters. The van der Waals surface area contributed by atoms with Gasteiger partial charge in [0, 0.05) is 13.0 Å². The third-order valence-corrected chi connectivity index (χ3v) is 4.00. The summed E-state index contributed by atoms with van der Waals surface area (Å²) in [4.78, 5) is 37.6. The Morgan fingerprint density at radius 3 is 2.31 bits per heavy atom. The zero-order chi connectivity index (χ0) is 18.9. The minimum atomic E-state index is -0.588. The molecule has 0 aliphatic carbocycles. The van der Waals surface area contributed by atoms with Crippen molar-refractivity contribution in [3.63, 3.8) is 0 Å². The van der Waals surface area contributed by atoms with Crippen LogP contribution in [0.25, 0.3) is 0 Å². The van der Waals surface area contributed by atoms with Crippen molar-refractivity contribution in [1.82, 2.24) is 19.9 Å². The molecular formula is C18H20N4O4. The number of carbonyl (C=O) groups excluding carboxylic acids is 3. The Morgan fingerprint density at radius 2 is 1.73 bits per heavy atom. The van der Waals surface area contributed by atoms with Gasteiger partial charge in [0.05, 0.1) is 28.4 Å². The number of ether oxygens (including phenoxy) is 1. The summed E-state index contributed by atoms with van der Waals surface area (Å²) in [6, 6.07) is 6.76. The molecule has 0 bridgehead atoms. The van der Waals surface area contributed by atoms with Crippen molar-refractivity contribution in [1.29, 1.82) is 0 Å². The van der Waals surface area contributed by atoms with Crippen LogP contribution in [-0.4, -0.2) is 44.2 Å². The second-order valence-electron chi connectivity index (χ2n) is 7.12. The van der Waals surface area contributed by atoms with E-state index in [0.717, 1.165) is 0 Å². The van der Waals surface area contributed by atoms with Gasteiger partial charge in [-0.15, -0.1) is 5.10 Å². The summed E-state index contributed by atoms with van der Waals surface area (Å²) in [6.45, 7) is 5.49. The van der Waals surface area contributed by atoms with E-state index in [0.29, 0.717) is 23.2 Å². The van der Waals surface area contributed by atoms with Gasteiger partial charge < -0.3 is 4.74 Å². The van der Waals surface area contributed by atoms with Crippen LogP contribution in [0.3, 0.4) is 0 Å². The van der Waals surface area contributed by atoms with E-state index in [1.54, 1.807) is 51.2 Å². The van der Waals surface area contributed by atoms with Crippen molar-refractivity contribution in [3.05, 3.63) is 47.3 Å². The van der Waals surface area contributed by atoms with Crippen LogP contribution in [0.4, 0.5) is 0 Å². The van der Waals surface area contributed by atoms with Crippen molar-refractivity contribution in [2.24, 2.45) is 5.41 Å². The van der Waals surface area contributed by atoms with E-state index in [9.17, 15) is 14.4 Å². The summed E-state index contributed by atoms with van der Waals surface area (Å²) in [5.41, 5.74) is 0.869. The zero-order valence-corrected chi connectivity index (χ0v) is 14.9. The Hall–Kier alpha value is -3.03. The van der Waals surface area contributed by atoms with Gasteiger partial charge in [0.2, 0.25) is 0 Å². The van der Waals surface area contributed by atoms with Crippen molar-refractivity contribution < 1.29 is 19.1 Å². The largest absolute Gasteiger partial charge is 0.442 e. The van der Waals surface area contributed by atoms with Gasteiger partial charge in [-0.1, -0.05) is 17.3 Å². The highest BCUT2D eigenvalue weighted by molar-refractivity contribution is 6.21. The standard InChI is InChI=1S/C18H20N4O4/c1-18(2,3)17(25)26-11-21-10-12(19-20-21)8-9-22-15(23)13-6-4-5-7-14(13)16(22)24/h4-7,10H,8-9,11H2,1-3H3. The van der Waals surface area contributed by atoms with Gasteiger partial charge in [-0.3, -0.25) is 19.3 Å². The van der Waals surface area contributed by atoms with Crippen LogP contribution in [0, 0.1) is 5.41 Å². The van der Waals surface area contributed by atoms with Crippen molar-refractivity contribution in [2.45, 2.75) is 33.9 Å². The van der Waals surface area contributed by atoms with E-state index in [2.05, 4.69) is 10.3 Å². The number of imide groups is 1. The second kappa shape index (κ2) is 6.70. The number of carbonyl (C=O) groups is 3. The summed E-state index contributed by atoms with van der Waals surface area (Å²) < 4.78 is 6.57. The fourth-order valence-corrected chi connectivity index (χ4v) is 2.53. The number of hydrogen-bond donors (Lipinski definition) is 0. The number of hydrogen-bond acceptors (Lipinski definition) is 6. The van der Waals surface area contributed by atoms with Crippen molar-refractivity contribution in [3.8, 4) is 0 Å². The lowest BCUT2D eigenvalue weighted by Gasteiger charge is -2.16. The highest BCUT2D eigenvalue weighted by Crippen LogP contribution is 2.22. The van der Waals surface area contributed by atoms with E-state index < -0.39 is 5.41 Å². The maximum atomic E-state index is 12.3. The van der Waals surface area contributed by atoms with Crippen molar-refractivity contribution >= 4 is 17.8 Å². The molecule has 0 saturated carbocycles. The summed E-state index contributed by atoms with van der Waals surface area (Å²) in [7, 11) is 0. The average molecular weight is 356 g/mol. The SMILES string of the molecule is CC(C)(C)C(=O)OCn1cc(CCN2C(=O)c3ccccc3C2=O)nn1. The Balaban J connectivity index is 1.57. The molecule has 0 fully saturated rings. The van der Waals surface area contributed by atoms with Gasteiger partial charge in [0.25, 0.3) is 11.8 Å². The Morgan fingerprint density at radius 1 is 1.12 bits per heavy atom. The number of nitrogens with zero attached hydrogens (tertiary/aromatic N) is 4. The summed E-state index contributed by atoms with van der Waals surface area (Å²) in [5, 5.41) is 7.88. The minimum Gasteiger partial charge on any atom is -0.442 e. The van der Waals surface area contributed by atoms with Gasteiger partial charge in [-0.05, 0) is 32.9 Å². The van der Waals surface area contributed by atoms with Crippen LogP contribution in [0.15, 0.2) is 30.5 Å².